The summed E-state index contributed by atoms with van der Waals surface area (Å²) in [6.45, 7) is 0. The standard InChI is InChI=1S/C43H30N2O2S/c46-48(47)27-32-19-21-35(45-42-17-9-7-15-37(42)38-16-8-10-18-43(38)45)26-39(32)36-22-20-31(23-34(36)28-48)33-24-40(29-11-3-1-4-12-29)44-41(25-33)30-13-5-2-6-14-30/h1-26H,27-28H2. The third-order valence-corrected chi connectivity index (χ3v) is 10.9. The Morgan fingerprint density at radius 1 is 0.458 bits per heavy atom. The first-order chi connectivity index (χ1) is 23.5. The summed E-state index contributed by atoms with van der Waals surface area (Å²) < 4.78 is 29.4. The molecule has 48 heavy (non-hydrogen) atoms. The average Bonchev–Trinajstić information content (AvgIpc) is 3.40. The topological polar surface area (TPSA) is 52.0 Å². The van der Waals surface area contributed by atoms with Crippen molar-refractivity contribution in [1.29, 1.82) is 0 Å². The summed E-state index contributed by atoms with van der Waals surface area (Å²) >= 11 is 0. The zero-order chi connectivity index (χ0) is 32.2. The number of rotatable bonds is 4. The second-order valence-electron chi connectivity index (χ2n) is 12.5. The van der Waals surface area contributed by atoms with Gasteiger partial charge in [0.1, 0.15) is 0 Å². The number of sulfone groups is 1. The van der Waals surface area contributed by atoms with Crippen molar-refractivity contribution < 1.29 is 8.42 Å². The molecule has 4 nitrogen and oxygen atoms in total. The predicted molar refractivity (Wildman–Crippen MR) is 197 cm³/mol. The molecule has 0 amide bonds. The molecule has 0 N–H and O–H groups in total. The molecule has 5 heteroatoms. The predicted octanol–water partition coefficient (Wildman–Crippen LogP) is 10.3. The van der Waals surface area contributed by atoms with Crippen molar-refractivity contribution in [2.75, 3.05) is 0 Å². The van der Waals surface area contributed by atoms with E-state index < -0.39 is 9.84 Å². The third-order valence-electron chi connectivity index (χ3n) is 9.38. The molecule has 0 saturated carbocycles. The molecule has 0 bridgehead atoms. The number of nitrogens with zero attached hydrogens (tertiary/aromatic N) is 2. The lowest BCUT2D eigenvalue weighted by Gasteiger charge is -2.15. The van der Waals surface area contributed by atoms with Crippen LogP contribution in [0, 0.1) is 0 Å². The molecule has 0 spiro atoms. The maximum Gasteiger partial charge on any atom is 0.158 e. The van der Waals surface area contributed by atoms with Gasteiger partial charge in [0.05, 0.1) is 33.9 Å². The number of hydrogen-bond donors (Lipinski definition) is 0. The van der Waals surface area contributed by atoms with Gasteiger partial charge in [0.15, 0.2) is 9.84 Å². The van der Waals surface area contributed by atoms with E-state index in [1.165, 1.54) is 10.8 Å². The van der Waals surface area contributed by atoms with Gasteiger partial charge in [-0.2, -0.15) is 0 Å². The largest absolute Gasteiger partial charge is 0.309 e. The summed E-state index contributed by atoms with van der Waals surface area (Å²) in [7, 11) is -3.40. The SMILES string of the molecule is O=S1(=O)Cc2cc(-c3cc(-c4ccccc4)nc(-c4ccccc4)c3)ccc2-c2cc(-n3c4ccccc4c4ccccc43)ccc2C1. The lowest BCUT2D eigenvalue weighted by Crippen LogP contribution is -2.05. The fourth-order valence-electron chi connectivity index (χ4n) is 7.17. The van der Waals surface area contributed by atoms with Crippen molar-refractivity contribution in [3.63, 3.8) is 0 Å². The van der Waals surface area contributed by atoms with Gasteiger partial charge in [-0.15, -0.1) is 0 Å². The summed E-state index contributed by atoms with van der Waals surface area (Å²) in [5.41, 5.74) is 12.6. The lowest BCUT2D eigenvalue weighted by molar-refractivity contribution is 0.595. The van der Waals surface area contributed by atoms with Crippen molar-refractivity contribution in [2.45, 2.75) is 11.5 Å². The maximum atomic E-state index is 13.6. The van der Waals surface area contributed by atoms with Gasteiger partial charge < -0.3 is 4.57 Å². The Labute approximate surface area is 279 Å². The Morgan fingerprint density at radius 3 is 1.65 bits per heavy atom. The normalized spacial score (nSPS) is 13.6. The molecule has 3 heterocycles. The number of benzene rings is 6. The van der Waals surface area contributed by atoms with Gasteiger partial charge in [-0.25, -0.2) is 13.4 Å². The molecule has 0 fully saturated rings. The molecular weight excluding hydrogens is 609 g/mol. The molecule has 1 aliphatic rings. The summed E-state index contributed by atoms with van der Waals surface area (Å²) in [6.07, 6.45) is 0. The van der Waals surface area contributed by atoms with Crippen molar-refractivity contribution in [3.05, 3.63) is 169 Å². The quantitative estimate of drug-likeness (QED) is 0.193. The summed E-state index contributed by atoms with van der Waals surface area (Å²) in [4.78, 5) is 5.03. The molecule has 0 radical (unpaired) electrons. The first-order valence-electron chi connectivity index (χ1n) is 16.1. The minimum Gasteiger partial charge on any atom is -0.309 e. The average molecular weight is 639 g/mol. The van der Waals surface area contributed by atoms with Crippen LogP contribution in [-0.2, 0) is 21.3 Å². The van der Waals surface area contributed by atoms with Crippen LogP contribution in [-0.4, -0.2) is 18.0 Å². The van der Waals surface area contributed by atoms with Crippen LogP contribution in [0.4, 0.5) is 0 Å². The Hall–Kier alpha value is -5.78. The van der Waals surface area contributed by atoms with Gasteiger partial charge in [0.2, 0.25) is 0 Å². The van der Waals surface area contributed by atoms with Crippen molar-refractivity contribution in [2.24, 2.45) is 0 Å². The van der Waals surface area contributed by atoms with Gasteiger partial charge in [0.25, 0.3) is 0 Å². The number of fused-ring (bicyclic) bond motifs is 6. The molecule has 0 unspecified atom stereocenters. The summed E-state index contributed by atoms with van der Waals surface area (Å²) in [5, 5.41) is 2.38. The van der Waals surface area contributed by atoms with Gasteiger partial charge in [-0.1, -0.05) is 115 Å². The lowest BCUT2D eigenvalue weighted by atomic mass is 9.92. The molecule has 0 saturated heterocycles. The molecule has 0 atom stereocenters. The monoisotopic (exact) mass is 638 g/mol. The first kappa shape index (κ1) is 28.4. The van der Waals surface area contributed by atoms with E-state index in [-0.39, 0.29) is 11.5 Å². The van der Waals surface area contributed by atoms with Crippen LogP contribution in [0.3, 0.4) is 0 Å². The van der Waals surface area contributed by atoms with Gasteiger partial charge in [0, 0.05) is 27.6 Å². The highest BCUT2D eigenvalue weighted by Crippen LogP contribution is 2.40. The van der Waals surface area contributed by atoms with Gasteiger partial charge >= 0.3 is 0 Å². The smallest absolute Gasteiger partial charge is 0.158 e. The van der Waals surface area contributed by atoms with E-state index in [9.17, 15) is 8.42 Å². The Kier molecular flexibility index (Phi) is 6.63. The molecule has 8 aromatic rings. The molecule has 230 valence electrons. The minimum atomic E-state index is -3.40. The van der Waals surface area contributed by atoms with E-state index in [1.54, 1.807) is 0 Å². The second kappa shape index (κ2) is 11.2. The molecule has 1 aliphatic heterocycles. The van der Waals surface area contributed by atoms with E-state index in [0.29, 0.717) is 0 Å². The van der Waals surface area contributed by atoms with E-state index in [1.807, 2.05) is 42.5 Å². The van der Waals surface area contributed by atoms with Crippen LogP contribution >= 0.6 is 0 Å². The molecule has 6 aromatic carbocycles. The Morgan fingerprint density at radius 2 is 1.02 bits per heavy atom. The maximum absolute atomic E-state index is 13.6. The zero-order valence-corrected chi connectivity index (χ0v) is 26.9. The number of pyridine rings is 1. The third kappa shape index (κ3) is 4.91. The zero-order valence-electron chi connectivity index (χ0n) is 26.0. The number of aromatic nitrogens is 2. The van der Waals surface area contributed by atoms with Crippen LogP contribution in [0.5, 0.6) is 0 Å². The number of hydrogen-bond acceptors (Lipinski definition) is 3. The van der Waals surface area contributed by atoms with Crippen molar-refractivity contribution in [1.82, 2.24) is 9.55 Å². The van der Waals surface area contributed by atoms with Crippen LogP contribution in [0.25, 0.3) is 72.3 Å². The molecule has 9 rings (SSSR count). The van der Waals surface area contributed by atoms with Crippen LogP contribution in [0.1, 0.15) is 11.1 Å². The summed E-state index contributed by atoms with van der Waals surface area (Å²) in [5.74, 6) is -0.0108. The van der Waals surface area contributed by atoms with Crippen molar-refractivity contribution >= 4 is 31.6 Å². The van der Waals surface area contributed by atoms with Gasteiger partial charge in [-0.3, -0.25) is 0 Å². The molecular formula is C43H30N2O2S. The summed E-state index contributed by atoms with van der Waals surface area (Å²) in [6, 6.07) is 53.9. The highest BCUT2D eigenvalue weighted by molar-refractivity contribution is 7.89. The van der Waals surface area contributed by atoms with E-state index >= 15 is 0 Å². The van der Waals surface area contributed by atoms with Gasteiger partial charge in [-0.05, 0) is 75.8 Å². The second-order valence-corrected chi connectivity index (χ2v) is 14.5. The fourth-order valence-corrected chi connectivity index (χ4v) is 8.71. The van der Waals surface area contributed by atoms with Crippen LogP contribution < -0.4 is 0 Å². The Bertz CT molecular complexity index is 2510. The number of para-hydroxylation sites is 2. The van der Waals surface area contributed by atoms with Crippen LogP contribution in [0.2, 0.25) is 0 Å². The van der Waals surface area contributed by atoms with Crippen LogP contribution in [0.15, 0.2) is 158 Å². The fraction of sp³-hybridized carbons (Fsp3) is 0.0465. The highest BCUT2D eigenvalue weighted by atomic mass is 32.2. The van der Waals surface area contributed by atoms with E-state index in [4.69, 9.17) is 4.98 Å². The molecule has 2 aromatic heterocycles. The Balaban J connectivity index is 1.22. The highest BCUT2D eigenvalue weighted by Gasteiger charge is 2.25. The van der Waals surface area contributed by atoms with E-state index in [2.05, 4.69) is 120 Å². The van der Waals surface area contributed by atoms with Crippen molar-refractivity contribution in [3.8, 4) is 50.5 Å². The molecule has 0 aliphatic carbocycles. The van der Waals surface area contributed by atoms with E-state index in [0.717, 1.165) is 72.6 Å². The first-order valence-corrected chi connectivity index (χ1v) is 17.9. The minimum absolute atomic E-state index is 0.00533.